The van der Waals surface area contributed by atoms with Gasteiger partial charge in [0.1, 0.15) is 6.61 Å². The van der Waals surface area contributed by atoms with Crippen molar-refractivity contribution < 1.29 is 28.6 Å². The maximum Gasteiger partial charge on any atom is 0.323 e. The minimum atomic E-state index is -1.36. The highest BCUT2D eigenvalue weighted by Gasteiger charge is 2.56. The van der Waals surface area contributed by atoms with Gasteiger partial charge < -0.3 is 14.2 Å². The van der Waals surface area contributed by atoms with Gasteiger partial charge in [0, 0.05) is 0 Å². The van der Waals surface area contributed by atoms with Crippen LogP contribution in [-0.2, 0) is 28.6 Å². The van der Waals surface area contributed by atoms with Gasteiger partial charge in [-0.25, -0.2) is 0 Å². The summed E-state index contributed by atoms with van der Waals surface area (Å²) < 4.78 is 15.3. The Morgan fingerprint density at radius 1 is 1.23 bits per heavy atom. The van der Waals surface area contributed by atoms with Crippen molar-refractivity contribution in [2.24, 2.45) is 17.3 Å². The molecule has 122 valence electrons. The Labute approximate surface area is 129 Å². The first-order valence-electron chi connectivity index (χ1n) is 7.71. The number of carbonyl (C=O) groups excluding carboxylic acids is 3. The van der Waals surface area contributed by atoms with Gasteiger partial charge in [-0.3, -0.25) is 14.4 Å². The maximum absolute atomic E-state index is 12.5. The van der Waals surface area contributed by atoms with E-state index in [0.717, 1.165) is 0 Å². The third kappa shape index (κ3) is 3.31. The quantitative estimate of drug-likeness (QED) is 0.340. The van der Waals surface area contributed by atoms with Crippen LogP contribution in [0, 0.1) is 17.3 Å². The third-order valence-electron chi connectivity index (χ3n) is 4.12. The zero-order valence-corrected chi connectivity index (χ0v) is 13.0. The predicted molar refractivity (Wildman–Crippen MR) is 76.6 cm³/mol. The molecule has 0 unspecified atom stereocenters. The molecule has 2 aliphatic rings. The Morgan fingerprint density at radius 2 is 1.86 bits per heavy atom. The predicted octanol–water partition coefficient (Wildman–Crippen LogP) is 1.63. The summed E-state index contributed by atoms with van der Waals surface area (Å²) in [5.74, 6) is -1.67. The molecule has 1 saturated carbocycles. The summed E-state index contributed by atoms with van der Waals surface area (Å²) in [6, 6.07) is 0. The molecule has 22 heavy (non-hydrogen) atoms. The van der Waals surface area contributed by atoms with Crippen molar-refractivity contribution in [3.63, 3.8) is 0 Å². The van der Waals surface area contributed by atoms with Gasteiger partial charge in [-0.05, 0) is 39.0 Å². The van der Waals surface area contributed by atoms with Crippen molar-refractivity contribution in [2.75, 3.05) is 19.8 Å². The molecule has 6 nitrogen and oxygen atoms in total. The smallest absolute Gasteiger partial charge is 0.323 e. The van der Waals surface area contributed by atoms with Crippen molar-refractivity contribution in [3.05, 3.63) is 12.2 Å². The summed E-state index contributed by atoms with van der Waals surface area (Å²) in [7, 11) is 0. The minimum absolute atomic E-state index is 0.0344. The zero-order chi connectivity index (χ0) is 16.2. The lowest BCUT2D eigenvalue weighted by molar-refractivity contribution is -0.173. The van der Waals surface area contributed by atoms with Crippen LogP contribution in [0.5, 0.6) is 0 Å². The van der Waals surface area contributed by atoms with Gasteiger partial charge in [0.05, 0.1) is 19.1 Å². The molecule has 0 radical (unpaired) electrons. The average Bonchev–Trinajstić information content (AvgIpc) is 3.25. The highest BCUT2D eigenvalue weighted by molar-refractivity contribution is 6.00. The number of hydrogen-bond donors (Lipinski definition) is 0. The fraction of sp³-hybridized carbons (Fsp3) is 0.688. The summed E-state index contributed by atoms with van der Waals surface area (Å²) in [6.07, 6.45) is 4.43. The molecule has 2 rings (SSSR count). The summed E-state index contributed by atoms with van der Waals surface area (Å²) in [6.45, 7) is 3.94. The second kappa shape index (κ2) is 6.94. The highest BCUT2D eigenvalue weighted by atomic mass is 16.6. The van der Waals surface area contributed by atoms with Crippen molar-refractivity contribution in [1.82, 2.24) is 0 Å². The number of cyclic esters (lactones) is 1. The monoisotopic (exact) mass is 310 g/mol. The topological polar surface area (TPSA) is 78.9 Å². The zero-order valence-electron chi connectivity index (χ0n) is 13.0. The van der Waals surface area contributed by atoms with E-state index in [1.165, 1.54) is 0 Å². The van der Waals surface area contributed by atoms with E-state index in [1.807, 2.05) is 0 Å². The van der Waals surface area contributed by atoms with Crippen molar-refractivity contribution in [1.29, 1.82) is 0 Å². The van der Waals surface area contributed by atoms with Crippen molar-refractivity contribution in [2.45, 2.75) is 33.1 Å². The molecule has 2 atom stereocenters. The Morgan fingerprint density at radius 3 is 2.45 bits per heavy atom. The molecule has 0 bridgehead atoms. The van der Waals surface area contributed by atoms with Gasteiger partial charge in [0.2, 0.25) is 0 Å². The van der Waals surface area contributed by atoms with Crippen LogP contribution in [0.4, 0.5) is 0 Å². The number of fused-ring (bicyclic) bond motifs is 1. The number of esters is 3. The summed E-state index contributed by atoms with van der Waals surface area (Å²) in [5, 5.41) is 0. The Kier molecular flexibility index (Phi) is 5.21. The third-order valence-corrected chi connectivity index (χ3v) is 4.12. The summed E-state index contributed by atoms with van der Waals surface area (Å²) in [4.78, 5) is 36.7. The van der Waals surface area contributed by atoms with Gasteiger partial charge in [0.15, 0.2) is 5.41 Å². The standard InChI is InChI=1S/C16H22O6/c1-3-20-14(18)16(15(19)21-4-2)7-5-6-8-22-13(17)12-9-11(12)10-16/h5-6,11-12H,3-4,7-10H2,1-2H3/b6-5-/t11-,12+/m0/s1. The van der Waals surface area contributed by atoms with Crippen molar-refractivity contribution >= 4 is 17.9 Å². The second-order valence-corrected chi connectivity index (χ2v) is 5.64. The van der Waals surface area contributed by atoms with E-state index in [9.17, 15) is 14.4 Å². The van der Waals surface area contributed by atoms with Crippen LogP contribution in [0.25, 0.3) is 0 Å². The van der Waals surface area contributed by atoms with E-state index >= 15 is 0 Å². The molecule has 1 aliphatic heterocycles. The van der Waals surface area contributed by atoms with Crippen LogP contribution < -0.4 is 0 Å². The second-order valence-electron chi connectivity index (χ2n) is 5.64. The molecule has 0 amide bonds. The van der Waals surface area contributed by atoms with Crippen LogP contribution in [0.2, 0.25) is 0 Å². The van der Waals surface area contributed by atoms with E-state index in [1.54, 1.807) is 26.0 Å². The number of ether oxygens (including phenoxy) is 3. The minimum Gasteiger partial charge on any atom is -0.465 e. The lowest BCUT2D eigenvalue weighted by atomic mass is 9.78. The molecule has 0 N–H and O–H groups in total. The highest BCUT2D eigenvalue weighted by Crippen LogP contribution is 2.49. The lowest BCUT2D eigenvalue weighted by Crippen LogP contribution is -2.42. The van der Waals surface area contributed by atoms with Crippen LogP contribution in [0.1, 0.15) is 33.1 Å². The van der Waals surface area contributed by atoms with E-state index in [2.05, 4.69) is 0 Å². The van der Waals surface area contributed by atoms with E-state index < -0.39 is 17.4 Å². The Bertz CT molecular complexity index is 463. The number of allylic oxidation sites excluding steroid dienone is 1. The first-order valence-corrected chi connectivity index (χ1v) is 7.71. The Balaban J connectivity index is 2.30. The van der Waals surface area contributed by atoms with Gasteiger partial charge in [-0.1, -0.05) is 12.2 Å². The van der Waals surface area contributed by atoms with Crippen LogP contribution in [0.3, 0.4) is 0 Å². The molecule has 0 saturated heterocycles. The largest absolute Gasteiger partial charge is 0.465 e. The normalized spacial score (nSPS) is 27.8. The first-order chi connectivity index (χ1) is 10.5. The maximum atomic E-state index is 12.5. The van der Waals surface area contributed by atoms with Crippen LogP contribution >= 0.6 is 0 Å². The molecule has 0 aromatic carbocycles. The fourth-order valence-electron chi connectivity index (χ4n) is 2.84. The van der Waals surface area contributed by atoms with E-state index in [-0.39, 0.29) is 50.5 Å². The van der Waals surface area contributed by atoms with E-state index in [0.29, 0.717) is 6.42 Å². The first kappa shape index (κ1) is 16.5. The Hall–Kier alpha value is -1.85. The molecule has 6 heteroatoms. The number of hydrogen-bond acceptors (Lipinski definition) is 6. The van der Waals surface area contributed by atoms with Gasteiger partial charge in [-0.15, -0.1) is 0 Å². The van der Waals surface area contributed by atoms with Crippen molar-refractivity contribution in [3.8, 4) is 0 Å². The molecule has 0 aromatic rings. The average molecular weight is 310 g/mol. The van der Waals surface area contributed by atoms with Crippen LogP contribution in [0.15, 0.2) is 12.2 Å². The molecule has 0 aromatic heterocycles. The number of carbonyl (C=O) groups is 3. The summed E-state index contributed by atoms with van der Waals surface area (Å²) >= 11 is 0. The molecule has 1 heterocycles. The fourth-order valence-corrected chi connectivity index (χ4v) is 2.84. The molecule has 0 spiro atoms. The number of rotatable bonds is 4. The summed E-state index contributed by atoms with van der Waals surface area (Å²) in [5.41, 5.74) is -1.36. The van der Waals surface area contributed by atoms with Gasteiger partial charge in [0.25, 0.3) is 0 Å². The molecular weight excluding hydrogens is 288 g/mol. The molecule has 1 fully saturated rings. The molecular formula is C16H22O6. The van der Waals surface area contributed by atoms with Crippen LogP contribution in [-0.4, -0.2) is 37.7 Å². The molecule has 1 aliphatic carbocycles. The van der Waals surface area contributed by atoms with Gasteiger partial charge in [-0.2, -0.15) is 0 Å². The van der Waals surface area contributed by atoms with Gasteiger partial charge >= 0.3 is 17.9 Å². The SMILES string of the molecule is CCOC(=O)C1(C(=O)OCC)C/C=C\COC(=O)[C@@H]2C[C@H]2C1. The van der Waals surface area contributed by atoms with E-state index in [4.69, 9.17) is 14.2 Å². The lowest BCUT2D eigenvalue weighted by Gasteiger charge is -2.28.